The van der Waals surface area contributed by atoms with Crippen molar-refractivity contribution in [2.24, 2.45) is 0 Å². The molecule has 2 amide bonds. The minimum Gasteiger partial charge on any atom is -0.497 e. The number of hydrogen-bond donors (Lipinski definition) is 2. The van der Waals surface area contributed by atoms with E-state index in [0.29, 0.717) is 22.3 Å². The second kappa shape index (κ2) is 8.09. The number of carbonyl (C=O) groups excluding carboxylic acids is 1. The molecule has 27 heavy (non-hydrogen) atoms. The quantitative estimate of drug-likeness (QED) is 0.644. The molecule has 0 aliphatic heterocycles. The highest BCUT2D eigenvalue weighted by atomic mass is 32.1. The first-order chi connectivity index (χ1) is 13.0. The van der Waals surface area contributed by atoms with Gasteiger partial charge in [0.1, 0.15) is 11.5 Å². The summed E-state index contributed by atoms with van der Waals surface area (Å²) in [6, 6.07) is 11.0. The Morgan fingerprint density at radius 1 is 1.04 bits per heavy atom. The van der Waals surface area contributed by atoms with Crippen LogP contribution in [0.3, 0.4) is 0 Å². The fourth-order valence-electron chi connectivity index (χ4n) is 2.71. The van der Waals surface area contributed by atoms with Gasteiger partial charge in [-0.3, -0.25) is 5.32 Å². The molecule has 1 aromatic heterocycles. The SMILES string of the molecule is COc1ccc(NC(=O)Nc2nc(-c3ccc(C)cc3C)cs2)c(OC)c1. The van der Waals surface area contributed by atoms with Crippen LogP contribution in [0.25, 0.3) is 11.3 Å². The predicted molar refractivity (Wildman–Crippen MR) is 109 cm³/mol. The van der Waals surface area contributed by atoms with Gasteiger partial charge in [-0.1, -0.05) is 23.8 Å². The molecule has 0 fully saturated rings. The van der Waals surface area contributed by atoms with Crippen molar-refractivity contribution in [2.45, 2.75) is 13.8 Å². The van der Waals surface area contributed by atoms with Crippen molar-refractivity contribution in [2.75, 3.05) is 24.9 Å². The first-order valence-corrected chi connectivity index (χ1v) is 9.21. The van der Waals surface area contributed by atoms with Gasteiger partial charge >= 0.3 is 6.03 Å². The smallest absolute Gasteiger partial charge is 0.325 e. The Kier molecular flexibility index (Phi) is 5.61. The molecule has 0 spiro atoms. The number of ether oxygens (including phenoxy) is 2. The van der Waals surface area contributed by atoms with Crippen molar-refractivity contribution in [1.29, 1.82) is 0 Å². The number of nitrogens with zero attached hydrogens (tertiary/aromatic N) is 1. The van der Waals surface area contributed by atoms with Crippen molar-refractivity contribution in [1.82, 2.24) is 4.98 Å². The number of rotatable bonds is 5. The Hall–Kier alpha value is -3.06. The number of aryl methyl sites for hydroxylation is 2. The summed E-state index contributed by atoms with van der Waals surface area (Å²) in [5.41, 5.74) is 4.80. The van der Waals surface area contributed by atoms with Gasteiger partial charge < -0.3 is 14.8 Å². The summed E-state index contributed by atoms with van der Waals surface area (Å²) in [7, 11) is 3.11. The molecule has 0 saturated carbocycles. The van der Waals surface area contributed by atoms with E-state index in [1.165, 1.54) is 24.0 Å². The fraction of sp³-hybridized carbons (Fsp3) is 0.200. The highest BCUT2D eigenvalue weighted by molar-refractivity contribution is 7.14. The molecule has 0 radical (unpaired) electrons. The summed E-state index contributed by atoms with van der Waals surface area (Å²) in [4.78, 5) is 16.8. The summed E-state index contributed by atoms with van der Waals surface area (Å²) in [5, 5.41) is 7.98. The molecule has 0 bridgehead atoms. The van der Waals surface area contributed by atoms with E-state index in [9.17, 15) is 4.79 Å². The lowest BCUT2D eigenvalue weighted by atomic mass is 10.0. The van der Waals surface area contributed by atoms with Crippen molar-refractivity contribution in [3.8, 4) is 22.8 Å². The van der Waals surface area contributed by atoms with Gasteiger partial charge in [0.25, 0.3) is 0 Å². The molecule has 2 N–H and O–H groups in total. The molecule has 2 aromatic carbocycles. The molecule has 0 aliphatic carbocycles. The fourth-order valence-corrected chi connectivity index (χ4v) is 3.41. The Balaban J connectivity index is 1.71. The molecule has 0 aliphatic rings. The van der Waals surface area contributed by atoms with Crippen LogP contribution in [-0.4, -0.2) is 25.2 Å². The Morgan fingerprint density at radius 3 is 2.56 bits per heavy atom. The molecular weight excluding hydrogens is 362 g/mol. The summed E-state index contributed by atoms with van der Waals surface area (Å²) in [6.45, 7) is 4.11. The third-order valence-electron chi connectivity index (χ3n) is 4.04. The summed E-state index contributed by atoms with van der Waals surface area (Å²) >= 11 is 1.38. The summed E-state index contributed by atoms with van der Waals surface area (Å²) in [6.07, 6.45) is 0. The summed E-state index contributed by atoms with van der Waals surface area (Å²) in [5.74, 6) is 1.16. The van der Waals surface area contributed by atoms with Gasteiger partial charge in [-0.05, 0) is 31.5 Å². The van der Waals surface area contributed by atoms with Crippen LogP contribution >= 0.6 is 11.3 Å². The monoisotopic (exact) mass is 383 g/mol. The Morgan fingerprint density at radius 2 is 1.85 bits per heavy atom. The zero-order valence-electron chi connectivity index (χ0n) is 15.6. The number of benzene rings is 2. The lowest BCUT2D eigenvalue weighted by molar-refractivity contribution is 0.262. The normalized spacial score (nSPS) is 10.4. The van der Waals surface area contributed by atoms with Gasteiger partial charge in [-0.2, -0.15) is 0 Å². The molecule has 0 unspecified atom stereocenters. The molecular formula is C20H21N3O3S. The predicted octanol–water partition coefficient (Wildman–Crippen LogP) is 5.09. The topological polar surface area (TPSA) is 72.5 Å². The van der Waals surface area contributed by atoms with Crippen LogP contribution in [0.5, 0.6) is 11.5 Å². The van der Waals surface area contributed by atoms with Crippen LogP contribution in [-0.2, 0) is 0 Å². The number of thiazole rings is 1. The molecule has 0 saturated heterocycles. The maximum atomic E-state index is 12.3. The highest BCUT2D eigenvalue weighted by Crippen LogP contribution is 2.30. The van der Waals surface area contributed by atoms with Crippen molar-refractivity contribution in [3.63, 3.8) is 0 Å². The van der Waals surface area contributed by atoms with Gasteiger partial charge in [0, 0.05) is 17.0 Å². The number of methoxy groups -OCH3 is 2. The number of anilines is 2. The zero-order valence-corrected chi connectivity index (χ0v) is 16.4. The summed E-state index contributed by atoms with van der Waals surface area (Å²) < 4.78 is 10.4. The van der Waals surface area contributed by atoms with E-state index in [-0.39, 0.29) is 6.03 Å². The van der Waals surface area contributed by atoms with E-state index in [1.807, 2.05) is 11.4 Å². The van der Waals surface area contributed by atoms with E-state index < -0.39 is 0 Å². The van der Waals surface area contributed by atoms with E-state index in [4.69, 9.17) is 9.47 Å². The third-order valence-corrected chi connectivity index (χ3v) is 4.80. The van der Waals surface area contributed by atoms with Crippen LogP contribution in [0.15, 0.2) is 41.8 Å². The average Bonchev–Trinajstić information content (AvgIpc) is 3.09. The molecule has 6 nitrogen and oxygen atoms in total. The van der Waals surface area contributed by atoms with Crippen molar-refractivity contribution >= 4 is 28.2 Å². The maximum Gasteiger partial charge on any atom is 0.325 e. The number of carbonyl (C=O) groups is 1. The van der Waals surface area contributed by atoms with Crippen LogP contribution in [0.2, 0.25) is 0 Å². The van der Waals surface area contributed by atoms with E-state index in [1.54, 1.807) is 25.3 Å². The number of hydrogen-bond acceptors (Lipinski definition) is 5. The molecule has 140 valence electrons. The average molecular weight is 383 g/mol. The van der Waals surface area contributed by atoms with Gasteiger partial charge in [-0.15, -0.1) is 11.3 Å². The molecule has 1 heterocycles. The van der Waals surface area contributed by atoms with Gasteiger partial charge in [0.05, 0.1) is 25.6 Å². The third kappa shape index (κ3) is 4.38. The van der Waals surface area contributed by atoms with Crippen molar-refractivity contribution < 1.29 is 14.3 Å². The second-order valence-electron chi connectivity index (χ2n) is 6.00. The minimum atomic E-state index is -0.389. The molecule has 3 aromatic rings. The first kappa shape index (κ1) is 18.7. The van der Waals surface area contributed by atoms with Crippen LogP contribution in [0.4, 0.5) is 15.6 Å². The van der Waals surface area contributed by atoms with Crippen LogP contribution < -0.4 is 20.1 Å². The largest absolute Gasteiger partial charge is 0.497 e. The highest BCUT2D eigenvalue weighted by Gasteiger charge is 2.12. The Bertz CT molecular complexity index is 969. The molecule has 7 heteroatoms. The van der Waals surface area contributed by atoms with Crippen LogP contribution in [0.1, 0.15) is 11.1 Å². The van der Waals surface area contributed by atoms with Crippen LogP contribution in [0, 0.1) is 13.8 Å². The standard InChI is InChI=1S/C20H21N3O3S/c1-12-5-7-15(13(2)9-12)17-11-27-20(22-17)23-19(24)21-16-8-6-14(25-3)10-18(16)26-4/h5-11H,1-4H3,(H2,21,22,23,24). The zero-order chi connectivity index (χ0) is 19.4. The minimum absolute atomic E-state index is 0.389. The number of nitrogens with one attached hydrogen (secondary N) is 2. The maximum absolute atomic E-state index is 12.3. The number of amides is 2. The van der Waals surface area contributed by atoms with Gasteiger partial charge in [-0.25, -0.2) is 9.78 Å². The van der Waals surface area contributed by atoms with E-state index >= 15 is 0 Å². The van der Waals surface area contributed by atoms with E-state index in [2.05, 4.69) is 41.6 Å². The first-order valence-electron chi connectivity index (χ1n) is 8.33. The van der Waals surface area contributed by atoms with E-state index in [0.717, 1.165) is 16.8 Å². The second-order valence-corrected chi connectivity index (χ2v) is 6.86. The van der Waals surface area contributed by atoms with Gasteiger partial charge in [0.2, 0.25) is 0 Å². The molecule has 0 atom stereocenters. The lowest BCUT2D eigenvalue weighted by Crippen LogP contribution is -2.19. The number of aromatic nitrogens is 1. The lowest BCUT2D eigenvalue weighted by Gasteiger charge is -2.11. The number of urea groups is 1. The van der Waals surface area contributed by atoms with Crippen molar-refractivity contribution in [3.05, 3.63) is 52.9 Å². The Labute approximate surface area is 162 Å². The van der Waals surface area contributed by atoms with Gasteiger partial charge in [0.15, 0.2) is 5.13 Å². The molecule has 3 rings (SSSR count).